The van der Waals surface area contributed by atoms with Gasteiger partial charge in [0, 0.05) is 0 Å². The molecule has 122 valence electrons. The predicted octanol–water partition coefficient (Wildman–Crippen LogP) is 0.462. The molecule has 0 heterocycles. The average Bonchev–Trinajstić information content (AvgIpc) is 2.55. The average molecular weight is 326 g/mol. The lowest BCUT2D eigenvalue weighted by atomic mass is 10.1. The number of benzene rings is 2. The van der Waals surface area contributed by atoms with Crippen LogP contribution in [0.3, 0.4) is 0 Å². The van der Waals surface area contributed by atoms with E-state index in [0.29, 0.717) is 0 Å². The third-order valence-corrected chi connectivity index (χ3v) is 3.09. The minimum Gasteiger partial charge on any atom is -0.366 e. The molecule has 0 saturated heterocycles. The number of hydrogen-bond acceptors (Lipinski definition) is 4. The molecule has 8 nitrogen and oxygen atoms in total. The lowest BCUT2D eigenvalue weighted by Gasteiger charge is -2.10. The molecular formula is C16H14N4O4. The normalized spacial score (nSPS) is 9.83. The Kier molecular flexibility index (Phi) is 4.90. The summed E-state index contributed by atoms with van der Waals surface area (Å²) < 4.78 is 0. The highest BCUT2D eigenvalue weighted by Crippen LogP contribution is 2.16. The number of carbonyl (C=O) groups is 4. The van der Waals surface area contributed by atoms with Crippen LogP contribution < -0.4 is 22.1 Å². The second-order valence-corrected chi connectivity index (χ2v) is 4.73. The maximum absolute atomic E-state index is 12.0. The number of primary amides is 2. The topological polar surface area (TPSA) is 144 Å². The molecule has 0 spiro atoms. The Labute approximate surface area is 136 Å². The third-order valence-electron chi connectivity index (χ3n) is 3.09. The zero-order chi connectivity index (χ0) is 17.7. The van der Waals surface area contributed by atoms with Crippen LogP contribution in [0, 0.1) is 0 Å². The van der Waals surface area contributed by atoms with E-state index in [1.807, 2.05) is 0 Å². The summed E-state index contributed by atoms with van der Waals surface area (Å²) in [4.78, 5) is 46.6. The molecule has 0 unspecified atom stereocenters. The van der Waals surface area contributed by atoms with Crippen LogP contribution in [0.2, 0.25) is 0 Å². The summed E-state index contributed by atoms with van der Waals surface area (Å²) in [6.07, 6.45) is 0. The lowest BCUT2D eigenvalue weighted by molar-refractivity contribution is -0.133. The van der Waals surface area contributed by atoms with Crippen LogP contribution in [0.5, 0.6) is 0 Å². The number of anilines is 2. The number of nitrogens with one attached hydrogen (secondary N) is 2. The SMILES string of the molecule is NC(=O)c1ccccc1NC(=O)C(=O)Nc1ccccc1C(N)=O. The molecule has 2 aromatic carbocycles. The Morgan fingerprint density at radius 3 is 1.29 bits per heavy atom. The van der Waals surface area contributed by atoms with Gasteiger partial charge >= 0.3 is 11.8 Å². The fraction of sp³-hybridized carbons (Fsp3) is 0. The van der Waals surface area contributed by atoms with Crippen molar-refractivity contribution in [3.8, 4) is 0 Å². The van der Waals surface area contributed by atoms with Crippen molar-refractivity contribution in [3.63, 3.8) is 0 Å². The zero-order valence-electron chi connectivity index (χ0n) is 12.4. The molecule has 0 aliphatic heterocycles. The second-order valence-electron chi connectivity index (χ2n) is 4.73. The van der Waals surface area contributed by atoms with Crippen molar-refractivity contribution >= 4 is 35.0 Å². The van der Waals surface area contributed by atoms with Gasteiger partial charge in [-0.25, -0.2) is 0 Å². The van der Waals surface area contributed by atoms with E-state index in [-0.39, 0.29) is 22.5 Å². The number of hydrogen-bond donors (Lipinski definition) is 4. The van der Waals surface area contributed by atoms with Gasteiger partial charge < -0.3 is 22.1 Å². The Hall–Kier alpha value is -3.68. The van der Waals surface area contributed by atoms with Gasteiger partial charge in [-0.3, -0.25) is 19.2 Å². The molecule has 8 heteroatoms. The molecule has 0 aliphatic rings. The summed E-state index contributed by atoms with van der Waals surface area (Å²) in [7, 11) is 0. The van der Waals surface area contributed by atoms with Crippen molar-refractivity contribution in [2.45, 2.75) is 0 Å². The Morgan fingerprint density at radius 1 is 0.625 bits per heavy atom. The molecule has 0 fully saturated rings. The van der Waals surface area contributed by atoms with Gasteiger partial charge in [0.25, 0.3) is 11.8 Å². The molecule has 2 aromatic rings. The fourth-order valence-corrected chi connectivity index (χ4v) is 1.97. The highest BCUT2D eigenvalue weighted by molar-refractivity contribution is 6.44. The van der Waals surface area contributed by atoms with Crippen LogP contribution in [-0.2, 0) is 9.59 Å². The smallest absolute Gasteiger partial charge is 0.314 e. The Balaban J connectivity index is 2.16. The van der Waals surface area contributed by atoms with Gasteiger partial charge in [-0.2, -0.15) is 0 Å². The van der Waals surface area contributed by atoms with Gasteiger partial charge in [-0.1, -0.05) is 24.3 Å². The van der Waals surface area contributed by atoms with Gasteiger partial charge in [-0.05, 0) is 24.3 Å². The predicted molar refractivity (Wildman–Crippen MR) is 87.2 cm³/mol. The molecule has 2 rings (SSSR count). The standard InChI is InChI=1S/C16H14N4O4/c17-13(21)9-5-1-3-7-11(9)19-15(23)16(24)20-12-8-4-2-6-10(12)14(18)22/h1-8H,(H2,17,21)(H2,18,22)(H,19,23)(H,20,24). The van der Waals surface area contributed by atoms with E-state index in [1.165, 1.54) is 24.3 Å². The molecule has 0 radical (unpaired) electrons. The highest BCUT2D eigenvalue weighted by Gasteiger charge is 2.18. The van der Waals surface area contributed by atoms with E-state index in [9.17, 15) is 19.2 Å². The number of carbonyl (C=O) groups excluding carboxylic acids is 4. The number of nitrogens with two attached hydrogens (primary N) is 2. The molecule has 24 heavy (non-hydrogen) atoms. The maximum Gasteiger partial charge on any atom is 0.314 e. The maximum atomic E-state index is 12.0. The summed E-state index contributed by atoms with van der Waals surface area (Å²) in [6, 6.07) is 12.0. The second kappa shape index (κ2) is 7.05. The molecule has 0 aliphatic carbocycles. The molecule has 6 N–H and O–H groups in total. The van der Waals surface area contributed by atoms with Gasteiger partial charge in [0.1, 0.15) is 0 Å². The molecule has 0 atom stereocenters. The Bertz CT molecular complexity index is 763. The van der Waals surface area contributed by atoms with Crippen molar-refractivity contribution in [1.82, 2.24) is 0 Å². The number of amides is 4. The first-order chi connectivity index (χ1) is 11.4. The van der Waals surface area contributed by atoms with Crippen molar-refractivity contribution in [2.75, 3.05) is 10.6 Å². The van der Waals surface area contributed by atoms with E-state index in [0.717, 1.165) is 0 Å². The van der Waals surface area contributed by atoms with E-state index in [2.05, 4.69) is 10.6 Å². The zero-order valence-corrected chi connectivity index (χ0v) is 12.4. The van der Waals surface area contributed by atoms with Crippen molar-refractivity contribution in [2.24, 2.45) is 11.5 Å². The fourth-order valence-electron chi connectivity index (χ4n) is 1.97. The van der Waals surface area contributed by atoms with E-state index < -0.39 is 23.6 Å². The van der Waals surface area contributed by atoms with Crippen LogP contribution in [0.4, 0.5) is 11.4 Å². The van der Waals surface area contributed by atoms with E-state index in [1.54, 1.807) is 24.3 Å². The van der Waals surface area contributed by atoms with Gasteiger partial charge in [-0.15, -0.1) is 0 Å². The lowest BCUT2D eigenvalue weighted by Crippen LogP contribution is -2.31. The first-order valence-electron chi connectivity index (χ1n) is 6.80. The summed E-state index contributed by atoms with van der Waals surface area (Å²) >= 11 is 0. The van der Waals surface area contributed by atoms with Crippen LogP contribution in [0.25, 0.3) is 0 Å². The molecule has 0 saturated carbocycles. The quantitative estimate of drug-likeness (QED) is 0.605. The van der Waals surface area contributed by atoms with Crippen LogP contribution in [0.15, 0.2) is 48.5 Å². The summed E-state index contributed by atoms with van der Waals surface area (Å²) in [5.41, 5.74) is 10.7. The Morgan fingerprint density at radius 2 is 0.958 bits per heavy atom. The van der Waals surface area contributed by atoms with Crippen molar-refractivity contribution in [3.05, 3.63) is 59.7 Å². The third kappa shape index (κ3) is 3.74. The van der Waals surface area contributed by atoms with Gasteiger partial charge in [0.15, 0.2) is 0 Å². The van der Waals surface area contributed by atoms with Crippen molar-refractivity contribution < 1.29 is 19.2 Å². The highest BCUT2D eigenvalue weighted by atomic mass is 16.2. The first kappa shape index (κ1) is 16.7. The summed E-state index contributed by atoms with van der Waals surface area (Å²) in [6.45, 7) is 0. The van der Waals surface area contributed by atoms with Gasteiger partial charge in [0.2, 0.25) is 0 Å². The largest absolute Gasteiger partial charge is 0.366 e. The molecule has 0 aromatic heterocycles. The first-order valence-corrected chi connectivity index (χ1v) is 6.80. The minimum atomic E-state index is -1.03. The molecule has 4 amide bonds. The number of para-hydroxylation sites is 2. The van der Waals surface area contributed by atoms with Gasteiger partial charge in [0.05, 0.1) is 22.5 Å². The monoisotopic (exact) mass is 326 g/mol. The molecule has 0 bridgehead atoms. The van der Waals surface area contributed by atoms with E-state index >= 15 is 0 Å². The summed E-state index contributed by atoms with van der Waals surface area (Å²) in [5.74, 6) is -3.54. The minimum absolute atomic E-state index is 0.0659. The van der Waals surface area contributed by atoms with Crippen molar-refractivity contribution in [1.29, 1.82) is 0 Å². The van der Waals surface area contributed by atoms with Crippen LogP contribution >= 0.6 is 0 Å². The van der Waals surface area contributed by atoms with E-state index in [4.69, 9.17) is 11.5 Å². The van der Waals surface area contributed by atoms with Crippen LogP contribution in [-0.4, -0.2) is 23.6 Å². The molecular weight excluding hydrogens is 312 g/mol. The van der Waals surface area contributed by atoms with Crippen LogP contribution in [0.1, 0.15) is 20.7 Å². The summed E-state index contributed by atoms with van der Waals surface area (Å²) in [5, 5.41) is 4.59. The number of rotatable bonds is 4.